The molecule has 0 radical (unpaired) electrons. The highest BCUT2D eigenvalue weighted by molar-refractivity contribution is 7.47. The first kappa shape index (κ1) is 81.9. The maximum Gasteiger partial charge on any atom is 0.472 e. The predicted octanol–water partition coefficient (Wildman–Crippen LogP) is 22.6. The Morgan fingerprint density at radius 1 is 0.372 bits per heavy atom. The molecule has 0 spiro atoms. The van der Waals surface area contributed by atoms with Crippen LogP contribution in [0.4, 0.5) is 0 Å². The van der Waals surface area contributed by atoms with Gasteiger partial charge in [0.05, 0.1) is 27.7 Å². The van der Waals surface area contributed by atoms with Crippen LogP contribution in [0.3, 0.4) is 0 Å². The summed E-state index contributed by atoms with van der Waals surface area (Å²) in [5.74, 6) is -0.816. The molecule has 0 aliphatic heterocycles. The number of likely N-dealkylation sites (N-methyl/N-ethyl adjacent to an activating group) is 1. The van der Waals surface area contributed by atoms with Crippen LogP contribution in [0.2, 0.25) is 0 Å². The molecule has 9 nitrogen and oxygen atoms in total. The van der Waals surface area contributed by atoms with E-state index in [1.165, 1.54) is 116 Å². The largest absolute Gasteiger partial charge is 0.472 e. The quantitative estimate of drug-likeness (QED) is 0.0211. The normalized spacial score (nSPS) is 14.1. The zero-order valence-electron chi connectivity index (χ0n) is 55.7. The van der Waals surface area contributed by atoms with Crippen molar-refractivity contribution in [3.05, 3.63) is 146 Å². The van der Waals surface area contributed by atoms with Crippen molar-refractivity contribution >= 4 is 19.8 Å². The van der Waals surface area contributed by atoms with E-state index < -0.39 is 26.5 Å². The number of rotatable bonds is 62. The molecule has 0 aromatic carbocycles. The van der Waals surface area contributed by atoms with E-state index in [9.17, 15) is 19.0 Å². The zero-order chi connectivity index (χ0) is 62.6. The second-order valence-electron chi connectivity index (χ2n) is 23.8. The van der Waals surface area contributed by atoms with E-state index in [-0.39, 0.29) is 32.0 Å². The number of phosphoric ester groups is 1. The van der Waals surface area contributed by atoms with Gasteiger partial charge in [-0.25, -0.2) is 4.57 Å². The first-order valence-corrected chi connectivity index (χ1v) is 36.1. The molecule has 0 aliphatic carbocycles. The molecule has 0 fully saturated rings. The van der Waals surface area contributed by atoms with Gasteiger partial charge in [0.1, 0.15) is 19.8 Å². The minimum atomic E-state index is -4.40. The van der Waals surface area contributed by atoms with Gasteiger partial charge in [-0.05, 0) is 122 Å². The Kier molecular flexibility index (Phi) is 62.2. The number of unbranched alkanes of at least 4 members (excludes halogenated alkanes) is 24. The lowest BCUT2D eigenvalue weighted by atomic mass is 10.0. The molecule has 0 bridgehead atoms. The van der Waals surface area contributed by atoms with Gasteiger partial charge < -0.3 is 18.9 Å². The molecule has 1 N–H and O–H groups in total. The van der Waals surface area contributed by atoms with Gasteiger partial charge in [0.25, 0.3) is 0 Å². The topological polar surface area (TPSA) is 108 Å². The van der Waals surface area contributed by atoms with Crippen LogP contribution in [0.15, 0.2) is 146 Å². The number of phosphoric acid groups is 1. The van der Waals surface area contributed by atoms with Crippen LogP contribution < -0.4 is 0 Å². The lowest BCUT2D eigenvalue weighted by Crippen LogP contribution is -2.37. The van der Waals surface area contributed by atoms with Gasteiger partial charge >= 0.3 is 19.8 Å². The van der Waals surface area contributed by atoms with Crippen molar-refractivity contribution in [1.82, 2.24) is 0 Å². The number of esters is 2. The Morgan fingerprint density at radius 2 is 0.663 bits per heavy atom. The number of hydrogen-bond donors (Lipinski definition) is 1. The number of hydrogen-bond acceptors (Lipinski definition) is 7. The van der Waals surface area contributed by atoms with Crippen molar-refractivity contribution in [2.75, 3.05) is 47.5 Å². The third-order valence-corrected chi connectivity index (χ3v) is 15.3. The summed E-state index contributed by atoms with van der Waals surface area (Å²) >= 11 is 0. The van der Waals surface area contributed by atoms with Gasteiger partial charge in [-0.1, -0.05) is 282 Å². The minimum absolute atomic E-state index is 0.0232. The van der Waals surface area contributed by atoms with Crippen LogP contribution >= 0.6 is 7.82 Å². The fourth-order valence-electron chi connectivity index (χ4n) is 9.07. The molecule has 10 heteroatoms. The van der Waals surface area contributed by atoms with Gasteiger partial charge in [0.15, 0.2) is 6.10 Å². The molecule has 2 unspecified atom stereocenters. The summed E-state index contributed by atoms with van der Waals surface area (Å²) in [4.78, 5) is 35.8. The maximum atomic E-state index is 12.9. The zero-order valence-corrected chi connectivity index (χ0v) is 56.6. The Hall–Kier alpha value is -4.11. The highest BCUT2D eigenvalue weighted by atomic mass is 31.2. The number of nitrogens with zero attached hydrogens (tertiary/aromatic N) is 1. The smallest absolute Gasteiger partial charge is 0.462 e. The van der Waals surface area contributed by atoms with Crippen molar-refractivity contribution < 1.29 is 42.1 Å². The van der Waals surface area contributed by atoms with E-state index in [0.29, 0.717) is 17.4 Å². The van der Waals surface area contributed by atoms with Gasteiger partial charge in [0, 0.05) is 12.8 Å². The first-order valence-electron chi connectivity index (χ1n) is 34.6. The van der Waals surface area contributed by atoms with E-state index in [1.54, 1.807) is 0 Å². The molecule has 2 atom stereocenters. The second kappa shape index (κ2) is 65.3. The van der Waals surface area contributed by atoms with Gasteiger partial charge in [0.2, 0.25) is 0 Å². The Bertz CT molecular complexity index is 1960. The van der Waals surface area contributed by atoms with Crippen molar-refractivity contribution in [3.63, 3.8) is 0 Å². The van der Waals surface area contributed by atoms with E-state index in [4.69, 9.17) is 18.5 Å². The average molecular weight is 1220 g/mol. The Balaban J connectivity index is 4.08. The molecule has 0 rings (SSSR count). The fourth-order valence-corrected chi connectivity index (χ4v) is 9.82. The van der Waals surface area contributed by atoms with Crippen molar-refractivity contribution in [2.45, 2.75) is 277 Å². The van der Waals surface area contributed by atoms with E-state index in [0.717, 1.165) is 122 Å². The number of ether oxygens (including phenoxy) is 2. The minimum Gasteiger partial charge on any atom is -0.462 e. The van der Waals surface area contributed by atoms with Crippen LogP contribution in [0.25, 0.3) is 0 Å². The SMILES string of the molecule is CC/C=C\C/C=C\C/C=C\C/C=C\C/C=C\C/C=C\C/C=C\C/C=C\C/C=C\CCCCCCCCCCCCCCCC(=O)OC(COC(=O)CCCCCCCC/C=C\C/C=C\C/C=C\CCCCCCC)COP(=O)(O)OCC[N+](C)(C)C. The standard InChI is InChI=1S/C76H128NO8P/c1-6-8-10-12-14-16-18-20-22-24-26-28-29-30-31-32-33-34-35-36-37-38-39-40-41-42-43-44-45-46-47-49-51-53-55-57-59-61-63-65-67-69-76(79)85-74(73-84-86(80,81)83-71-70-77(3,4)5)72-82-75(78)68-66-64-62-60-58-56-54-52-50-48-27-25-23-21-19-17-15-13-11-9-7-2/h8,10,14,16,19-22,25-28,30-31,33-34,36-37,39-40,42-43,50,52,74H,6-7,9,11-13,15,17-18,23-24,29,32,35,38,41,44-49,51,53-73H2,1-5H3/p+1/b10-8-,16-14-,21-19-,22-20-,27-25-,28-26-,31-30-,34-33-,37-36-,40-39-,43-42-,52-50-. The molecule has 0 saturated heterocycles. The van der Waals surface area contributed by atoms with Crippen molar-refractivity contribution in [2.24, 2.45) is 0 Å². The molecule has 0 aromatic rings. The number of carbonyl (C=O) groups is 2. The van der Waals surface area contributed by atoms with Gasteiger partial charge in [-0.3, -0.25) is 18.6 Å². The summed E-state index contributed by atoms with van der Waals surface area (Å²) in [6, 6.07) is 0. The highest BCUT2D eigenvalue weighted by Crippen LogP contribution is 2.43. The molecule has 0 aliphatic rings. The molecule has 0 saturated carbocycles. The molecule has 0 amide bonds. The second-order valence-corrected chi connectivity index (χ2v) is 25.3. The number of quaternary nitrogens is 1. The fraction of sp³-hybridized carbons (Fsp3) is 0.658. The molecule has 86 heavy (non-hydrogen) atoms. The van der Waals surface area contributed by atoms with Crippen molar-refractivity contribution in [1.29, 1.82) is 0 Å². The summed E-state index contributed by atoms with van der Waals surface area (Å²) in [6.45, 7) is 4.29. The van der Waals surface area contributed by atoms with Crippen LogP contribution in [-0.2, 0) is 32.7 Å². The van der Waals surface area contributed by atoms with Crippen LogP contribution in [0.1, 0.15) is 271 Å². The third-order valence-electron chi connectivity index (χ3n) is 14.4. The summed E-state index contributed by atoms with van der Waals surface area (Å²) in [6.07, 6.45) is 96.6. The van der Waals surface area contributed by atoms with Crippen LogP contribution in [-0.4, -0.2) is 74.9 Å². The van der Waals surface area contributed by atoms with Crippen LogP contribution in [0, 0.1) is 0 Å². The van der Waals surface area contributed by atoms with E-state index in [1.807, 2.05) is 21.1 Å². The lowest BCUT2D eigenvalue weighted by molar-refractivity contribution is -0.870. The Labute approximate surface area is 529 Å². The highest BCUT2D eigenvalue weighted by Gasteiger charge is 2.27. The first-order chi connectivity index (χ1) is 42.0. The molecular weight excluding hydrogens is 1090 g/mol. The molecule has 0 heterocycles. The monoisotopic (exact) mass is 1210 g/mol. The van der Waals surface area contributed by atoms with Crippen LogP contribution in [0.5, 0.6) is 0 Å². The summed E-state index contributed by atoms with van der Waals surface area (Å²) in [5.41, 5.74) is 0. The number of carbonyl (C=O) groups excluding carboxylic acids is 2. The average Bonchev–Trinajstić information content (AvgIpc) is 3.70. The summed E-state index contributed by atoms with van der Waals surface area (Å²) < 4.78 is 34.7. The van der Waals surface area contributed by atoms with Gasteiger partial charge in [-0.15, -0.1) is 0 Å². The summed E-state index contributed by atoms with van der Waals surface area (Å²) in [7, 11) is 1.46. The predicted molar refractivity (Wildman–Crippen MR) is 371 cm³/mol. The molecule has 0 aromatic heterocycles. The molecule has 490 valence electrons. The van der Waals surface area contributed by atoms with E-state index >= 15 is 0 Å². The summed E-state index contributed by atoms with van der Waals surface area (Å²) in [5, 5.41) is 0. The van der Waals surface area contributed by atoms with E-state index in [2.05, 4.69) is 160 Å². The van der Waals surface area contributed by atoms with Gasteiger partial charge in [-0.2, -0.15) is 0 Å². The Morgan fingerprint density at radius 3 is 0.988 bits per heavy atom. The number of allylic oxidation sites excluding steroid dienone is 24. The maximum absolute atomic E-state index is 12.9. The van der Waals surface area contributed by atoms with Crippen molar-refractivity contribution in [3.8, 4) is 0 Å². The third kappa shape index (κ3) is 69.0. The lowest BCUT2D eigenvalue weighted by Gasteiger charge is -2.24. The molecular formula is C76H129NO8P+.